The summed E-state index contributed by atoms with van der Waals surface area (Å²) in [7, 11) is 2.17. The van der Waals surface area contributed by atoms with Crippen LogP contribution in [0.4, 0.5) is 0 Å². The molecule has 0 bridgehead atoms. The number of aliphatic hydroxyl groups excluding tert-OH is 2. The Labute approximate surface area is 97.9 Å². The van der Waals surface area contributed by atoms with Crippen LogP contribution in [0.25, 0.3) is 0 Å². The van der Waals surface area contributed by atoms with Crippen molar-refractivity contribution in [3.05, 3.63) is 0 Å². The van der Waals surface area contributed by atoms with Gasteiger partial charge < -0.3 is 20.0 Å². The molecule has 2 saturated heterocycles. The molecule has 0 aliphatic carbocycles. The number of nitrogens with zero attached hydrogens (tertiary/aromatic N) is 2. The molecular formula is C12H24N2O2. The molecule has 0 aromatic rings. The molecule has 2 aliphatic rings. The van der Waals surface area contributed by atoms with Gasteiger partial charge in [0.1, 0.15) is 0 Å². The summed E-state index contributed by atoms with van der Waals surface area (Å²) in [5.41, 5.74) is 0. The first-order chi connectivity index (χ1) is 7.69. The molecule has 0 amide bonds. The van der Waals surface area contributed by atoms with E-state index in [1.807, 2.05) is 0 Å². The fraction of sp³-hybridized carbons (Fsp3) is 1.00. The van der Waals surface area contributed by atoms with Gasteiger partial charge in [-0.25, -0.2) is 0 Å². The largest absolute Gasteiger partial charge is 0.394 e. The van der Waals surface area contributed by atoms with E-state index in [2.05, 4.69) is 16.8 Å². The van der Waals surface area contributed by atoms with Crippen LogP contribution >= 0.6 is 0 Å². The van der Waals surface area contributed by atoms with Crippen LogP contribution in [-0.4, -0.2) is 72.5 Å². The van der Waals surface area contributed by atoms with E-state index in [9.17, 15) is 5.11 Å². The number of β-amino-alcohol motifs (C(OH)–C–C–N with tert-alkyl or cyclic N) is 1. The summed E-state index contributed by atoms with van der Waals surface area (Å²) >= 11 is 0. The highest BCUT2D eigenvalue weighted by Crippen LogP contribution is 2.29. The van der Waals surface area contributed by atoms with Crippen LogP contribution in [0, 0.1) is 11.8 Å². The molecule has 0 aromatic carbocycles. The molecule has 0 aromatic heterocycles. The molecule has 2 atom stereocenters. The standard InChI is InChI=1S/C12H24N2O2/c1-13-5-11(6-13)10-3-2-4-14(7-10)8-12(16)9-15/h10-12,15-16H,2-9H2,1H3. The van der Waals surface area contributed by atoms with Crippen molar-refractivity contribution in [3.8, 4) is 0 Å². The van der Waals surface area contributed by atoms with Gasteiger partial charge in [0.05, 0.1) is 12.7 Å². The van der Waals surface area contributed by atoms with Gasteiger partial charge >= 0.3 is 0 Å². The summed E-state index contributed by atoms with van der Waals surface area (Å²) < 4.78 is 0. The van der Waals surface area contributed by atoms with Crippen LogP contribution in [0.2, 0.25) is 0 Å². The van der Waals surface area contributed by atoms with Gasteiger partial charge in [-0.2, -0.15) is 0 Å². The summed E-state index contributed by atoms with van der Waals surface area (Å²) in [4.78, 5) is 4.68. The van der Waals surface area contributed by atoms with E-state index < -0.39 is 6.10 Å². The van der Waals surface area contributed by atoms with E-state index in [1.54, 1.807) is 0 Å². The SMILES string of the molecule is CN1CC(C2CCCN(CC(O)CO)C2)C1. The third-order valence-electron chi connectivity index (χ3n) is 3.98. The highest BCUT2D eigenvalue weighted by Gasteiger charge is 2.33. The van der Waals surface area contributed by atoms with E-state index in [0.29, 0.717) is 6.54 Å². The van der Waals surface area contributed by atoms with Crippen molar-refractivity contribution in [1.29, 1.82) is 0 Å². The molecule has 0 radical (unpaired) electrons. The lowest BCUT2D eigenvalue weighted by molar-refractivity contribution is 0.0107. The van der Waals surface area contributed by atoms with Gasteiger partial charge in [-0.15, -0.1) is 0 Å². The summed E-state index contributed by atoms with van der Waals surface area (Å²) in [5.74, 6) is 1.66. The second-order valence-corrected chi connectivity index (χ2v) is 5.48. The van der Waals surface area contributed by atoms with Gasteiger partial charge in [0.2, 0.25) is 0 Å². The normalized spacial score (nSPS) is 31.3. The van der Waals surface area contributed by atoms with Crippen molar-refractivity contribution in [2.24, 2.45) is 11.8 Å². The Bertz CT molecular complexity index is 219. The maximum atomic E-state index is 9.45. The molecule has 2 unspecified atom stereocenters. The first-order valence-corrected chi connectivity index (χ1v) is 6.39. The van der Waals surface area contributed by atoms with Gasteiger partial charge in [0, 0.05) is 26.2 Å². The molecule has 0 spiro atoms. The molecule has 2 rings (SSSR count). The average Bonchev–Trinajstić information content (AvgIpc) is 2.25. The van der Waals surface area contributed by atoms with Crippen LogP contribution in [0.1, 0.15) is 12.8 Å². The van der Waals surface area contributed by atoms with Gasteiger partial charge in [-0.1, -0.05) is 0 Å². The molecule has 16 heavy (non-hydrogen) atoms. The minimum absolute atomic E-state index is 0.118. The quantitative estimate of drug-likeness (QED) is 0.688. The summed E-state index contributed by atoms with van der Waals surface area (Å²) in [6.07, 6.45) is 2.01. The van der Waals surface area contributed by atoms with E-state index >= 15 is 0 Å². The number of piperidine rings is 1. The van der Waals surface area contributed by atoms with Crippen molar-refractivity contribution >= 4 is 0 Å². The van der Waals surface area contributed by atoms with Gasteiger partial charge in [0.15, 0.2) is 0 Å². The zero-order valence-corrected chi connectivity index (χ0v) is 10.2. The number of hydrogen-bond acceptors (Lipinski definition) is 4. The van der Waals surface area contributed by atoms with E-state index in [1.165, 1.54) is 25.9 Å². The van der Waals surface area contributed by atoms with Gasteiger partial charge in [0.25, 0.3) is 0 Å². The highest BCUT2D eigenvalue weighted by atomic mass is 16.3. The highest BCUT2D eigenvalue weighted by molar-refractivity contribution is 4.87. The van der Waals surface area contributed by atoms with E-state index in [4.69, 9.17) is 5.11 Å². The number of hydrogen-bond donors (Lipinski definition) is 2. The Morgan fingerprint density at radius 3 is 2.62 bits per heavy atom. The maximum Gasteiger partial charge on any atom is 0.0897 e. The second kappa shape index (κ2) is 5.45. The third-order valence-corrected chi connectivity index (χ3v) is 3.98. The third kappa shape index (κ3) is 2.94. The number of rotatable bonds is 4. The lowest BCUT2D eigenvalue weighted by Gasteiger charge is -2.45. The van der Waals surface area contributed by atoms with E-state index in [0.717, 1.165) is 24.9 Å². The molecule has 94 valence electrons. The predicted molar refractivity (Wildman–Crippen MR) is 63.2 cm³/mol. The molecule has 4 heteroatoms. The van der Waals surface area contributed by atoms with Gasteiger partial charge in [-0.3, -0.25) is 0 Å². The lowest BCUT2D eigenvalue weighted by Crippen LogP contribution is -2.52. The second-order valence-electron chi connectivity index (χ2n) is 5.48. The fourth-order valence-corrected chi connectivity index (χ4v) is 3.04. The Balaban J connectivity index is 1.75. The molecule has 2 heterocycles. The van der Waals surface area contributed by atoms with Crippen LogP contribution < -0.4 is 0 Å². The predicted octanol–water partition coefficient (Wildman–Crippen LogP) is -0.387. The van der Waals surface area contributed by atoms with Crippen molar-refractivity contribution in [1.82, 2.24) is 9.80 Å². The van der Waals surface area contributed by atoms with Crippen LogP contribution in [0.5, 0.6) is 0 Å². The topological polar surface area (TPSA) is 46.9 Å². The van der Waals surface area contributed by atoms with Gasteiger partial charge in [-0.05, 0) is 38.3 Å². The van der Waals surface area contributed by atoms with Crippen molar-refractivity contribution in [3.63, 3.8) is 0 Å². The Morgan fingerprint density at radius 1 is 1.25 bits per heavy atom. The smallest absolute Gasteiger partial charge is 0.0897 e. The first-order valence-electron chi connectivity index (χ1n) is 6.39. The fourth-order valence-electron chi connectivity index (χ4n) is 3.04. The molecule has 0 saturated carbocycles. The summed E-state index contributed by atoms with van der Waals surface area (Å²) in [5, 5.41) is 18.3. The molecule has 2 N–H and O–H groups in total. The number of likely N-dealkylation sites (tertiary alicyclic amines) is 2. The van der Waals surface area contributed by atoms with Crippen molar-refractivity contribution in [2.75, 3.05) is 46.4 Å². The first kappa shape index (κ1) is 12.3. The average molecular weight is 228 g/mol. The van der Waals surface area contributed by atoms with Crippen molar-refractivity contribution in [2.45, 2.75) is 18.9 Å². The molecule has 2 fully saturated rings. The van der Waals surface area contributed by atoms with Crippen LogP contribution in [0.15, 0.2) is 0 Å². The molecule has 2 aliphatic heterocycles. The molecular weight excluding hydrogens is 204 g/mol. The maximum absolute atomic E-state index is 9.45. The summed E-state index contributed by atoms with van der Waals surface area (Å²) in [6, 6.07) is 0. The Kier molecular flexibility index (Phi) is 4.19. The Morgan fingerprint density at radius 2 is 2.00 bits per heavy atom. The number of aliphatic hydroxyl groups is 2. The minimum atomic E-state index is -0.567. The van der Waals surface area contributed by atoms with Crippen LogP contribution in [0.3, 0.4) is 0 Å². The zero-order chi connectivity index (χ0) is 11.5. The monoisotopic (exact) mass is 228 g/mol. The Hall–Kier alpha value is -0.160. The minimum Gasteiger partial charge on any atom is -0.394 e. The lowest BCUT2D eigenvalue weighted by atomic mass is 9.81. The molecule has 4 nitrogen and oxygen atoms in total. The van der Waals surface area contributed by atoms with E-state index in [-0.39, 0.29) is 6.61 Å². The van der Waals surface area contributed by atoms with Crippen molar-refractivity contribution < 1.29 is 10.2 Å². The zero-order valence-electron chi connectivity index (χ0n) is 10.2. The van der Waals surface area contributed by atoms with Crippen LogP contribution in [-0.2, 0) is 0 Å². The summed E-state index contributed by atoms with van der Waals surface area (Å²) in [6.45, 7) is 5.18.